The fraction of sp³-hybridized carbons (Fsp3) is 0.588. The number of unbranched alkanes of at least 4 members (excludes halogenated alkanes) is 3. The van der Waals surface area contributed by atoms with Crippen LogP contribution in [0.4, 0.5) is 0 Å². The minimum Gasteiger partial charge on any atom is -0.368 e. The molecular weight excluding hydrogens is 340 g/mol. The van der Waals surface area contributed by atoms with Crippen molar-refractivity contribution in [2.24, 2.45) is 5.73 Å². The van der Waals surface area contributed by atoms with E-state index in [2.05, 4.69) is 10.6 Å². The molecule has 0 fully saturated rings. The maximum Gasteiger partial charge on any atom is 0.253 e. The van der Waals surface area contributed by atoms with E-state index in [1.807, 2.05) is 0 Å². The average Bonchev–Trinajstić information content (AvgIpc) is 2.91. The Morgan fingerprint density at radius 2 is 1.77 bits per heavy atom. The zero-order valence-electron chi connectivity index (χ0n) is 14.7. The van der Waals surface area contributed by atoms with E-state index in [0.717, 1.165) is 6.42 Å². The van der Waals surface area contributed by atoms with E-state index in [9.17, 15) is 24.0 Å². The molecule has 144 valence electrons. The fourth-order valence-electron chi connectivity index (χ4n) is 2.56. The molecule has 9 heteroatoms. The summed E-state index contributed by atoms with van der Waals surface area (Å²) >= 11 is 0. The molecule has 0 radical (unpaired) electrons. The molecule has 1 atom stereocenters. The number of carbonyl (C=O) groups excluding carboxylic acids is 5. The van der Waals surface area contributed by atoms with Crippen molar-refractivity contribution in [2.45, 2.75) is 51.0 Å². The second kappa shape index (κ2) is 11.8. The summed E-state index contributed by atoms with van der Waals surface area (Å²) in [5, 5.41) is 5.15. The topological polar surface area (TPSA) is 139 Å². The number of nitrogens with two attached hydrogens (primary N) is 1. The van der Waals surface area contributed by atoms with Crippen molar-refractivity contribution >= 4 is 30.0 Å². The van der Waals surface area contributed by atoms with Gasteiger partial charge in [-0.1, -0.05) is 6.42 Å². The lowest BCUT2D eigenvalue weighted by Crippen LogP contribution is -2.40. The van der Waals surface area contributed by atoms with E-state index in [4.69, 9.17) is 5.73 Å². The summed E-state index contributed by atoms with van der Waals surface area (Å²) in [4.78, 5) is 57.0. The minimum atomic E-state index is -0.673. The monoisotopic (exact) mass is 366 g/mol. The first-order valence-corrected chi connectivity index (χ1v) is 8.75. The lowest BCUT2D eigenvalue weighted by atomic mass is 10.1. The third-order valence-corrected chi connectivity index (χ3v) is 4.04. The summed E-state index contributed by atoms with van der Waals surface area (Å²) in [7, 11) is 0. The molecule has 0 aromatic rings. The van der Waals surface area contributed by atoms with Crippen molar-refractivity contribution in [3.05, 3.63) is 12.2 Å². The van der Waals surface area contributed by atoms with Gasteiger partial charge in [-0.2, -0.15) is 0 Å². The fourth-order valence-corrected chi connectivity index (χ4v) is 2.56. The predicted molar refractivity (Wildman–Crippen MR) is 93.4 cm³/mol. The molecule has 0 aromatic heterocycles. The van der Waals surface area contributed by atoms with Crippen molar-refractivity contribution in [3.8, 4) is 0 Å². The Bertz CT molecular complexity index is 543. The van der Waals surface area contributed by atoms with Crippen LogP contribution in [0.5, 0.6) is 0 Å². The van der Waals surface area contributed by atoms with Crippen LogP contribution in [0.25, 0.3) is 0 Å². The molecule has 0 saturated carbocycles. The third kappa shape index (κ3) is 7.91. The Morgan fingerprint density at radius 3 is 2.38 bits per heavy atom. The first-order chi connectivity index (χ1) is 12.5. The van der Waals surface area contributed by atoms with Crippen LogP contribution in [0.15, 0.2) is 12.2 Å². The number of amides is 5. The lowest BCUT2D eigenvalue weighted by molar-refractivity contribution is -0.137. The standard InChI is InChI=1S/C17H26N4O5/c18-17(26)13(20-12-22)6-3-4-10-19-14(23)7-2-1-5-11-21-15(24)8-9-16(21)25/h8-9,12-13H,1-7,10-11H2,(H2,18,26)(H,19,23)(H,20,22). The average molecular weight is 366 g/mol. The summed E-state index contributed by atoms with van der Waals surface area (Å²) in [6.07, 6.45) is 7.23. The molecule has 1 aliphatic rings. The van der Waals surface area contributed by atoms with Crippen LogP contribution >= 0.6 is 0 Å². The highest BCUT2D eigenvalue weighted by Crippen LogP contribution is 2.07. The molecule has 26 heavy (non-hydrogen) atoms. The Kier molecular flexibility index (Phi) is 9.66. The molecular formula is C17H26N4O5. The molecule has 5 amide bonds. The van der Waals surface area contributed by atoms with Gasteiger partial charge < -0.3 is 16.4 Å². The van der Waals surface area contributed by atoms with Crippen LogP contribution in [-0.4, -0.2) is 54.1 Å². The first-order valence-electron chi connectivity index (χ1n) is 8.75. The van der Waals surface area contributed by atoms with Crippen LogP contribution < -0.4 is 16.4 Å². The summed E-state index contributed by atoms with van der Waals surface area (Å²) in [5.41, 5.74) is 5.15. The van der Waals surface area contributed by atoms with Gasteiger partial charge in [-0.3, -0.25) is 28.9 Å². The molecule has 1 rings (SSSR count). The van der Waals surface area contributed by atoms with E-state index in [0.29, 0.717) is 58.0 Å². The maximum atomic E-state index is 11.7. The summed E-state index contributed by atoms with van der Waals surface area (Å²) in [6.45, 7) is 0.871. The number of rotatable bonds is 14. The van der Waals surface area contributed by atoms with Gasteiger partial charge in [0.1, 0.15) is 6.04 Å². The highest BCUT2D eigenvalue weighted by Gasteiger charge is 2.22. The largest absolute Gasteiger partial charge is 0.368 e. The Balaban J connectivity index is 2.00. The number of hydrogen-bond donors (Lipinski definition) is 3. The minimum absolute atomic E-state index is 0.0579. The summed E-state index contributed by atoms with van der Waals surface area (Å²) in [5.74, 6) is -1.20. The van der Waals surface area contributed by atoms with Crippen LogP contribution in [0.2, 0.25) is 0 Å². The zero-order chi connectivity index (χ0) is 19.4. The lowest BCUT2D eigenvalue weighted by Gasteiger charge is -2.13. The molecule has 0 aromatic carbocycles. The van der Waals surface area contributed by atoms with Crippen molar-refractivity contribution in [2.75, 3.05) is 13.1 Å². The molecule has 0 saturated heterocycles. The van der Waals surface area contributed by atoms with Gasteiger partial charge in [0.2, 0.25) is 18.2 Å². The Labute approximate surface area is 152 Å². The normalized spacial score (nSPS) is 14.4. The van der Waals surface area contributed by atoms with Gasteiger partial charge in [0, 0.05) is 31.7 Å². The molecule has 0 aliphatic carbocycles. The maximum absolute atomic E-state index is 11.7. The van der Waals surface area contributed by atoms with Crippen LogP contribution in [0.3, 0.4) is 0 Å². The van der Waals surface area contributed by atoms with Gasteiger partial charge in [0.15, 0.2) is 0 Å². The van der Waals surface area contributed by atoms with E-state index >= 15 is 0 Å². The molecule has 1 heterocycles. The molecule has 0 bridgehead atoms. The van der Waals surface area contributed by atoms with Crippen LogP contribution in [0.1, 0.15) is 44.9 Å². The second-order valence-corrected chi connectivity index (χ2v) is 6.06. The van der Waals surface area contributed by atoms with Crippen LogP contribution in [0, 0.1) is 0 Å². The Hall–Kier alpha value is -2.71. The third-order valence-electron chi connectivity index (χ3n) is 4.04. The van der Waals surface area contributed by atoms with E-state index in [1.54, 1.807) is 0 Å². The smallest absolute Gasteiger partial charge is 0.253 e. The number of imide groups is 1. The van der Waals surface area contributed by atoms with Gasteiger partial charge in [-0.15, -0.1) is 0 Å². The summed E-state index contributed by atoms with van der Waals surface area (Å²) < 4.78 is 0. The van der Waals surface area contributed by atoms with Crippen molar-refractivity contribution < 1.29 is 24.0 Å². The molecule has 0 spiro atoms. The molecule has 1 unspecified atom stereocenters. The highest BCUT2D eigenvalue weighted by atomic mass is 16.2. The molecule has 4 N–H and O–H groups in total. The number of primary amides is 1. The number of nitrogens with one attached hydrogen (secondary N) is 2. The van der Waals surface area contributed by atoms with Crippen molar-refractivity contribution in [1.82, 2.24) is 15.5 Å². The summed E-state index contributed by atoms with van der Waals surface area (Å²) in [6, 6.07) is -0.673. The molecule has 9 nitrogen and oxygen atoms in total. The number of nitrogens with zero attached hydrogens (tertiary/aromatic N) is 1. The number of hydrogen-bond acceptors (Lipinski definition) is 5. The van der Waals surface area contributed by atoms with Gasteiger partial charge in [0.05, 0.1) is 0 Å². The Morgan fingerprint density at radius 1 is 1.08 bits per heavy atom. The highest BCUT2D eigenvalue weighted by molar-refractivity contribution is 6.12. The van der Waals surface area contributed by atoms with Gasteiger partial charge in [-0.25, -0.2) is 0 Å². The quantitative estimate of drug-likeness (QED) is 0.213. The van der Waals surface area contributed by atoms with Crippen LogP contribution in [-0.2, 0) is 24.0 Å². The van der Waals surface area contributed by atoms with Crippen molar-refractivity contribution in [1.29, 1.82) is 0 Å². The van der Waals surface area contributed by atoms with E-state index in [1.165, 1.54) is 17.1 Å². The molecule has 1 aliphatic heterocycles. The SMILES string of the molecule is NC(=O)C(CCCCNC(=O)CCCCCN1C(=O)C=CC1=O)NC=O. The second-order valence-electron chi connectivity index (χ2n) is 6.06. The van der Waals surface area contributed by atoms with E-state index in [-0.39, 0.29) is 17.7 Å². The van der Waals surface area contributed by atoms with Gasteiger partial charge in [0.25, 0.3) is 11.8 Å². The van der Waals surface area contributed by atoms with E-state index < -0.39 is 11.9 Å². The predicted octanol–water partition coefficient (Wildman–Crippen LogP) is -0.642. The zero-order valence-corrected chi connectivity index (χ0v) is 14.7. The first kappa shape index (κ1) is 21.3. The van der Waals surface area contributed by atoms with Gasteiger partial charge in [-0.05, 0) is 32.1 Å². The van der Waals surface area contributed by atoms with Crippen molar-refractivity contribution in [3.63, 3.8) is 0 Å². The van der Waals surface area contributed by atoms with Gasteiger partial charge >= 0.3 is 0 Å². The number of carbonyl (C=O) groups is 5.